The van der Waals surface area contributed by atoms with Gasteiger partial charge in [0.05, 0.1) is 22.2 Å². The molecular formula is C23H23ClN2O3S. The molecule has 0 aromatic heterocycles. The molecule has 0 spiro atoms. The molecule has 30 heavy (non-hydrogen) atoms. The van der Waals surface area contributed by atoms with Crippen molar-refractivity contribution in [1.82, 2.24) is 4.31 Å². The maximum Gasteiger partial charge on any atom is 0.244 e. The summed E-state index contributed by atoms with van der Waals surface area (Å²) in [5.41, 5.74) is 2.69. The Morgan fingerprint density at radius 3 is 2.33 bits per heavy atom. The predicted octanol–water partition coefficient (Wildman–Crippen LogP) is 4.79. The lowest BCUT2D eigenvalue weighted by Crippen LogP contribution is -2.38. The molecule has 1 amide bonds. The average molecular weight is 443 g/mol. The summed E-state index contributed by atoms with van der Waals surface area (Å²) in [7, 11) is -3.91. The first-order valence-electron chi connectivity index (χ1n) is 9.43. The number of rotatable bonds is 7. The summed E-state index contributed by atoms with van der Waals surface area (Å²) in [5.74, 6) is -0.465. The molecule has 0 heterocycles. The number of sulfonamides is 1. The normalized spacial score (nSPS) is 11.5. The van der Waals surface area contributed by atoms with E-state index in [1.807, 2.05) is 43.3 Å². The zero-order chi connectivity index (χ0) is 21.7. The summed E-state index contributed by atoms with van der Waals surface area (Å²) in [6, 6.07) is 21.3. The second-order valence-electron chi connectivity index (χ2n) is 7.06. The fourth-order valence-electron chi connectivity index (χ4n) is 3.05. The van der Waals surface area contributed by atoms with Crippen LogP contribution >= 0.6 is 11.6 Å². The zero-order valence-corrected chi connectivity index (χ0v) is 18.4. The number of anilines is 1. The van der Waals surface area contributed by atoms with Gasteiger partial charge in [-0.3, -0.25) is 4.79 Å². The minimum Gasteiger partial charge on any atom is -0.324 e. The van der Waals surface area contributed by atoms with Crippen LogP contribution in [0.1, 0.15) is 16.7 Å². The molecule has 0 aliphatic rings. The summed E-state index contributed by atoms with van der Waals surface area (Å²) in [5, 5.41) is 3.09. The first-order chi connectivity index (χ1) is 14.3. The van der Waals surface area contributed by atoms with E-state index in [-0.39, 0.29) is 18.0 Å². The van der Waals surface area contributed by atoms with E-state index >= 15 is 0 Å². The molecular weight excluding hydrogens is 420 g/mol. The number of hydrogen-bond acceptors (Lipinski definition) is 3. The van der Waals surface area contributed by atoms with Crippen LogP contribution in [0.4, 0.5) is 5.69 Å². The smallest absolute Gasteiger partial charge is 0.244 e. The van der Waals surface area contributed by atoms with Crippen LogP contribution < -0.4 is 5.32 Å². The highest BCUT2D eigenvalue weighted by atomic mass is 35.5. The van der Waals surface area contributed by atoms with Gasteiger partial charge >= 0.3 is 0 Å². The number of nitrogens with one attached hydrogen (secondary N) is 1. The predicted molar refractivity (Wildman–Crippen MR) is 120 cm³/mol. The van der Waals surface area contributed by atoms with Crippen LogP contribution in [0.15, 0.2) is 77.7 Å². The van der Waals surface area contributed by atoms with Crippen LogP contribution in [0.3, 0.4) is 0 Å². The Morgan fingerprint density at radius 2 is 1.63 bits per heavy atom. The third-order valence-corrected chi connectivity index (χ3v) is 6.89. The van der Waals surface area contributed by atoms with Crippen molar-refractivity contribution in [2.24, 2.45) is 0 Å². The molecule has 156 valence electrons. The van der Waals surface area contributed by atoms with Crippen LogP contribution in [0.5, 0.6) is 0 Å². The lowest BCUT2D eigenvalue weighted by molar-refractivity contribution is -0.116. The molecule has 0 atom stereocenters. The van der Waals surface area contributed by atoms with Crippen LogP contribution in [0, 0.1) is 13.8 Å². The minimum absolute atomic E-state index is 0.0759. The summed E-state index contributed by atoms with van der Waals surface area (Å²) in [6.07, 6.45) is 0. The summed E-state index contributed by atoms with van der Waals surface area (Å²) in [4.78, 5) is 12.9. The number of amides is 1. The van der Waals surface area contributed by atoms with Crippen LogP contribution in [-0.2, 0) is 21.4 Å². The third-order valence-electron chi connectivity index (χ3n) is 4.63. The van der Waals surface area contributed by atoms with Gasteiger partial charge in [-0.05, 0) is 48.7 Å². The van der Waals surface area contributed by atoms with Gasteiger partial charge in [-0.2, -0.15) is 4.31 Å². The highest BCUT2D eigenvalue weighted by Gasteiger charge is 2.28. The monoisotopic (exact) mass is 442 g/mol. The largest absolute Gasteiger partial charge is 0.324 e. The molecule has 0 saturated heterocycles. The number of aryl methyl sites for hydroxylation is 2. The van der Waals surface area contributed by atoms with Crippen molar-refractivity contribution >= 4 is 33.2 Å². The minimum atomic E-state index is -3.91. The number of hydrogen-bond donors (Lipinski definition) is 1. The van der Waals surface area contributed by atoms with E-state index < -0.39 is 15.9 Å². The van der Waals surface area contributed by atoms with Crippen molar-refractivity contribution in [3.63, 3.8) is 0 Å². The molecule has 3 rings (SSSR count). The standard InChI is InChI=1S/C23H23ClN2O3S/c1-17-12-13-18(2)22(14-17)30(28,29)26(15-19-8-4-3-5-9-19)16-23(27)25-21-11-7-6-10-20(21)24/h3-14H,15-16H2,1-2H3,(H,25,27). The number of para-hydroxylation sites is 1. The van der Waals surface area contributed by atoms with Gasteiger partial charge < -0.3 is 5.32 Å². The van der Waals surface area contributed by atoms with Gasteiger partial charge in [0.25, 0.3) is 0 Å². The number of carbonyl (C=O) groups excluding carboxylic acids is 1. The average Bonchev–Trinajstić information content (AvgIpc) is 2.71. The van der Waals surface area contributed by atoms with Crippen LogP contribution in [0.2, 0.25) is 5.02 Å². The number of carbonyl (C=O) groups is 1. The van der Waals surface area contributed by atoms with Gasteiger partial charge in [-0.25, -0.2) is 8.42 Å². The molecule has 3 aromatic carbocycles. The maximum atomic E-state index is 13.5. The fourth-order valence-corrected chi connectivity index (χ4v) is 4.93. The molecule has 7 heteroatoms. The molecule has 5 nitrogen and oxygen atoms in total. The van der Waals surface area contributed by atoms with Gasteiger partial charge in [0.15, 0.2) is 0 Å². The lowest BCUT2D eigenvalue weighted by atomic mass is 10.2. The van der Waals surface area contributed by atoms with E-state index in [1.165, 1.54) is 4.31 Å². The Bertz CT molecular complexity index is 1150. The Hall–Kier alpha value is -2.67. The van der Waals surface area contributed by atoms with Crippen LogP contribution in [0.25, 0.3) is 0 Å². The van der Waals surface area contributed by atoms with Crippen molar-refractivity contribution in [2.45, 2.75) is 25.3 Å². The summed E-state index contributed by atoms with van der Waals surface area (Å²) in [6.45, 7) is 3.32. The Kier molecular flexibility index (Phi) is 6.92. The zero-order valence-electron chi connectivity index (χ0n) is 16.8. The first-order valence-corrected chi connectivity index (χ1v) is 11.2. The van der Waals surface area contributed by atoms with E-state index in [2.05, 4.69) is 5.32 Å². The maximum absolute atomic E-state index is 13.5. The molecule has 0 aliphatic heterocycles. The topological polar surface area (TPSA) is 66.5 Å². The van der Waals surface area contributed by atoms with E-state index in [1.54, 1.807) is 43.3 Å². The number of benzene rings is 3. The van der Waals surface area contributed by atoms with E-state index in [4.69, 9.17) is 11.6 Å². The molecule has 0 bridgehead atoms. The number of nitrogens with zero attached hydrogens (tertiary/aromatic N) is 1. The van der Waals surface area contributed by atoms with Crippen molar-refractivity contribution < 1.29 is 13.2 Å². The van der Waals surface area contributed by atoms with Crippen molar-refractivity contribution in [2.75, 3.05) is 11.9 Å². The van der Waals surface area contributed by atoms with E-state index in [0.29, 0.717) is 16.3 Å². The third kappa shape index (κ3) is 5.27. The molecule has 0 fully saturated rings. The van der Waals surface area contributed by atoms with Crippen molar-refractivity contribution in [3.8, 4) is 0 Å². The van der Waals surface area contributed by atoms with E-state index in [9.17, 15) is 13.2 Å². The van der Waals surface area contributed by atoms with Gasteiger partial charge in [0, 0.05) is 6.54 Å². The highest BCUT2D eigenvalue weighted by molar-refractivity contribution is 7.89. The quantitative estimate of drug-likeness (QED) is 0.572. The van der Waals surface area contributed by atoms with Crippen molar-refractivity contribution in [1.29, 1.82) is 0 Å². The molecule has 0 radical (unpaired) electrons. The Balaban J connectivity index is 1.93. The molecule has 0 unspecified atom stereocenters. The summed E-state index contributed by atoms with van der Waals surface area (Å²) < 4.78 is 28.2. The highest BCUT2D eigenvalue weighted by Crippen LogP contribution is 2.24. The van der Waals surface area contributed by atoms with Gasteiger partial charge in [0.1, 0.15) is 0 Å². The van der Waals surface area contributed by atoms with Gasteiger partial charge in [-0.1, -0.05) is 66.2 Å². The fraction of sp³-hybridized carbons (Fsp3) is 0.174. The van der Waals surface area contributed by atoms with Crippen molar-refractivity contribution in [3.05, 3.63) is 94.5 Å². The number of halogens is 1. The first kappa shape index (κ1) is 22.0. The SMILES string of the molecule is Cc1ccc(C)c(S(=O)(=O)N(CC(=O)Nc2ccccc2Cl)Cc2ccccc2)c1. The molecule has 3 aromatic rings. The summed E-state index contributed by atoms with van der Waals surface area (Å²) >= 11 is 6.11. The van der Waals surface area contributed by atoms with Gasteiger partial charge in [-0.15, -0.1) is 0 Å². The second-order valence-corrected chi connectivity index (χ2v) is 9.37. The van der Waals surface area contributed by atoms with Crippen LogP contribution in [-0.4, -0.2) is 25.2 Å². The van der Waals surface area contributed by atoms with Gasteiger partial charge in [0.2, 0.25) is 15.9 Å². The lowest BCUT2D eigenvalue weighted by Gasteiger charge is -2.23. The molecule has 0 aliphatic carbocycles. The second kappa shape index (κ2) is 9.43. The Morgan fingerprint density at radius 1 is 0.967 bits per heavy atom. The molecule has 0 saturated carbocycles. The Labute approximate surface area is 182 Å². The molecule has 1 N–H and O–H groups in total. The van der Waals surface area contributed by atoms with E-state index in [0.717, 1.165) is 11.1 Å².